The first-order valence-electron chi connectivity index (χ1n) is 19.3. The predicted molar refractivity (Wildman–Crippen MR) is 224 cm³/mol. The number of hydrogen-bond acceptors (Lipinski definition) is 13. The summed E-state index contributed by atoms with van der Waals surface area (Å²) in [5, 5.41) is 0.450. The summed E-state index contributed by atoms with van der Waals surface area (Å²) in [6, 6.07) is 8.03. The molecule has 1 fully saturated rings. The zero-order chi connectivity index (χ0) is 46.1. The van der Waals surface area contributed by atoms with Crippen LogP contribution in [0, 0.1) is 0 Å². The Morgan fingerprint density at radius 3 is 1.94 bits per heavy atom. The molecular formula is C39H48N3O16S4+. The lowest BCUT2D eigenvalue weighted by Gasteiger charge is -2.30. The van der Waals surface area contributed by atoms with Crippen molar-refractivity contribution in [3.63, 3.8) is 0 Å². The first-order valence-corrected chi connectivity index (χ1v) is 25.4. The first-order chi connectivity index (χ1) is 28.6. The van der Waals surface area contributed by atoms with Crippen LogP contribution in [0.2, 0.25) is 0 Å². The highest BCUT2D eigenvalue weighted by molar-refractivity contribution is 7.86. The summed E-state index contributed by atoms with van der Waals surface area (Å²) in [6.45, 7) is 5.58. The minimum Gasteiger partial charge on any atom is -0.344 e. The number of fused-ring (bicyclic) bond motifs is 2. The number of hydroxylamine groups is 2. The Balaban J connectivity index is 1.50. The fourth-order valence-corrected chi connectivity index (χ4v) is 9.97. The third-order valence-electron chi connectivity index (χ3n) is 11.0. The number of unbranched alkanes of at least 4 members (excludes halogenated alkanes) is 1. The number of amides is 2. The summed E-state index contributed by atoms with van der Waals surface area (Å²) in [6.07, 6.45) is 8.88. The second kappa shape index (κ2) is 18.2. The van der Waals surface area contributed by atoms with E-state index in [1.807, 2.05) is 13.8 Å². The molecule has 1 saturated heterocycles. The van der Waals surface area contributed by atoms with Gasteiger partial charge in [0.25, 0.3) is 52.3 Å². The van der Waals surface area contributed by atoms with Crippen molar-refractivity contribution in [1.29, 1.82) is 0 Å². The van der Waals surface area contributed by atoms with Crippen LogP contribution in [0.3, 0.4) is 0 Å². The molecule has 0 radical (unpaired) electrons. The molecule has 3 aliphatic rings. The molecule has 0 saturated carbocycles. The van der Waals surface area contributed by atoms with E-state index in [4.69, 9.17) is 4.84 Å². The van der Waals surface area contributed by atoms with Crippen LogP contribution in [0.25, 0.3) is 0 Å². The van der Waals surface area contributed by atoms with Gasteiger partial charge in [0.05, 0.1) is 26.7 Å². The summed E-state index contributed by atoms with van der Waals surface area (Å²) in [5.74, 6) is -3.18. The van der Waals surface area contributed by atoms with Gasteiger partial charge >= 0.3 is 5.97 Å². The van der Waals surface area contributed by atoms with Gasteiger partial charge in [0.2, 0.25) is 5.69 Å². The second-order valence-electron chi connectivity index (χ2n) is 15.8. The molecule has 0 aliphatic carbocycles. The zero-order valence-corrected chi connectivity index (χ0v) is 37.3. The van der Waals surface area contributed by atoms with Crippen LogP contribution in [0.15, 0.2) is 82.3 Å². The summed E-state index contributed by atoms with van der Waals surface area (Å²) in [7, 11) is -17.9. The normalized spacial score (nSPS) is 20.0. The monoisotopic (exact) mass is 942 g/mol. The number of carbonyl (C=O) groups excluding carboxylic acids is 3. The van der Waals surface area contributed by atoms with Gasteiger partial charge in [-0.3, -0.25) is 27.8 Å². The molecule has 338 valence electrons. The number of imide groups is 1. The van der Waals surface area contributed by atoms with E-state index in [9.17, 15) is 66.3 Å². The van der Waals surface area contributed by atoms with E-state index < -0.39 is 85.5 Å². The minimum atomic E-state index is -4.68. The molecule has 3 heterocycles. The molecule has 0 aromatic heterocycles. The van der Waals surface area contributed by atoms with Gasteiger partial charge in [-0.1, -0.05) is 24.6 Å². The average Bonchev–Trinajstić information content (AvgIpc) is 3.67. The zero-order valence-electron chi connectivity index (χ0n) is 34.0. The summed E-state index contributed by atoms with van der Waals surface area (Å²) < 4.78 is 135. The molecule has 4 N–H and O–H groups in total. The van der Waals surface area contributed by atoms with Crippen molar-refractivity contribution in [1.82, 2.24) is 5.06 Å². The van der Waals surface area contributed by atoms with Gasteiger partial charge in [0.15, 0.2) is 5.71 Å². The van der Waals surface area contributed by atoms with E-state index in [1.165, 1.54) is 36.4 Å². The van der Waals surface area contributed by atoms with Crippen molar-refractivity contribution in [2.24, 2.45) is 0 Å². The predicted octanol–water partition coefficient (Wildman–Crippen LogP) is 4.05. The van der Waals surface area contributed by atoms with Gasteiger partial charge in [0, 0.05) is 66.7 Å². The molecule has 1 unspecified atom stereocenters. The van der Waals surface area contributed by atoms with E-state index in [2.05, 4.69) is 0 Å². The molecule has 0 bridgehead atoms. The Hall–Kier alpha value is -4.62. The molecule has 62 heavy (non-hydrogen) atoms. The average molecular weight is 943 g/mol. The van der Waals surface area contributed by atoms with Gasteiger partial charge in [-0.15, -0.1) is 5.06 Å². The number of benzene rings is 2. The lowest BCUT2D eigenvalue weighted by atomic mass is 9.77. The maximum Gasteiger partial charge on any atom is 0.333 e. The number of rotatable bonds is 19. The third kappa shape index (κ3) is 11.3. The highest BCUT2D eigenvalue weighted by Crippen LogP contribution is 2.51. The molecule has 1 atom stereocenters. The van der Waals surface area contributed by atoms with Crippen LogP contribution in [-0.2, 0) is 70.5 Å². The van der Waals surface area contributed by atoms with Crippen LogP contribution in [-0.4, -0.2) is 110 Å². The highest BCUT2D eigenvalue weighted by atomic mass is 32.2. The van der Waals surface area contributed by atoms with Crippen LogP contribution >= 0.6 is 0 Å². The molecule has 2 aromatic carbocycles. The van der Waals surface area contributed by atoms with Crippen LogP contribution in [0.5, 0.6) is 0 Å². The Bertz CT molecular complexity index is 2720. The van der Waals surface area contributed by atoms with Crippen molar-refractivity contribution in [3.8, 4) is 0 Å². The smallest absolute Gasteiger partial charge is 0.333 e. The third-order valence-corrected chi connectivity index (χ3v) is 14.3. The van der Waals surface area contributed by atoms with E-state index in [0.717, 1.165) is 0 Å². The van der Waals surface area contributed by atoms with Crippen LogP contribution < -0.4 is 4.90 Å². The fourth-order valence-electron chi connectivity index (χ4n) is 7.97. The fraction of sp³-hybridized carbons (Fsp3) is 0.436. The Morgan fingerprint density at radius 1 is 0.758 bits per heavy atom. The molecule has 23 heteroatoms. The Labute approximate surface area is 360 Å². The van der Waals surface area contributed by atoms with Gasteiger partial charge in [-0.2, -0.15) is 38.2 Å². The Morgan fingerprint density at radius 2 is 1.34 bits per heavy atom. The molecule has 2 aromatic rings. The van der Waals surface area contributed by atoms with Crippen molar-refractivity contribution in [3.05, 3.63) is 83.6 Å². The summed E-state index contributed by atoms with van der Waals surface area (Å²) >= 11 is 0. The standard InChI is InChI=1S/C39H47N3O16S4/c1-38(2)29-25-27(61(52,53)54)14-16-31(29)40(21-9-23-59(46,47)48)33(38)11-5-4-6-12-34-39(3,20-8-7-13-37(45)58-42-35(43)18-19-36(42)44)30-26-28(62(55,56)57)15-17-32(30)41(34)22-10-24-60(49,50)51/h4-6,11-12,14-17,25-26H,7-10,13,18-24H2,1-3H3,(H3-,46,47,48,49,50,51,52,53,54,55,56,57)/p+1. The molecule has 2 amide bonds. The number of carbonyl (C=O) groups is 3. The SMILES string of the molecule is CC1(C)C(C=CC=CC=C2N(CCCS(=O)(=O)O)c3ccc(S(=O)(=O)O)cc3C2(C)CCCCC(=O)ON2C(=O)CCC2=O)=[N+](CCCS(=O)(=O)O)c2ccc(S(=O)(=O)O)cc21. The highest BCUT2D eigenvalue weighted by Gasteiger charge is 2.46. The molecule has 19 nitrogen and oxygen atoms in total. The molecule has 5 rings (SSSR count). The quantitative estimate of drug-likeness (QED) is 0.0508. The van der Waals surface area contributed by atoms with Gasteiger partial charge in [-0.25, -0.2) is 4.79 Å². The van der Waals surface area contributed by atoms with E-state index in [0.29, 0.717) is 45.4 Å². The van der Waals surface area contributed by atoms with Crippen LogP contribution in [0.1, 0.15) is 83.3 Å². The van der Waals surface area contributed by atoms with E-state index >= 15 is 0 Å². The maximum absolute atomic E-state index is 12.6. The van der Waals surface area contributed by atoms with E-state index in [1.54, 1.807) is 46.8 Å². The summed E-state index contributed by atoms with van der Waals surface area (Å²) in [5.41, 5.74) is 1.29. The van der Waals surface area contributed by atoms with Gasteiger partial charge in [-0.05, 0) is 82.0 Å². The minimum absolute atomic E-state index is 0.0124. The lowest BCUT2D eigenvalue weighted by Crippen LogP contribution is -2.32. The first kappa shape index (κ1) is 48.4. The van der Waals surface area contributed by atoms with Gasteiger partial charge < -0.3 is 9.74 Å². The van der Waals surface area contributed by atoms with Crippen molar-refractivity contribution in [2.75, 3.05) is 29.5 Å². The van der Waals surface area contributed by atoms with Crippen molar-refractivity contribution < 1.29 is 75.7 Å². The lowest BCUT2D eigenvalue weighted by molar-refractivity contribution is -0.437. The maximum atomic E-state index is 12.6. The van der Waals surface area contributed by atoms with E-state index in [-0.39, 0.29) is 62.9 Å². The van der Waals surface area contributed by atoms with Crippen LogP contribution in [0.4, 0.5) is 11.4 Å². The molecular weight excluding hydrogens is 895 g/mol. The van der Waals surface area contributed by atoms with Crippen molar-refractivity contribution in [2.45, 2.75) is 92.8 Å². The topological polar surface area (TPSA) is 287 Å². The largest absolute Gasteiger partial charge is 0.344 e. The number of allylic oxidation sites excluding steroid dienone is 6. The van der Waals surface area contributed by atoms with Gasteiger partial charge in [0.1, 0.15) is 6.54 Å². The van der Waals surface area contributed by atoms with Crippen molar-refractivity contribution >= 4 is 75.3 Å². The molecule has 0 spiro atoms. The summed E-state index contributed by atoms with van der Waals surface area (Å²) in [4.78, 5) is 42.4. The Kier molecular flexibility index (Phi) is 14.2. The second-order valence-corrected chi connectivity index (χ2v) is 21.8. The number of anilines is 1. The number of hydrogen-bond donors (Lipinski definition) is 4. The number of nitrogens with zero attached hydrogens (tertiary/aromatic N) is 3. The molecule has 3 aliphatic heterocycles.